The highest BCUT2D eigenvalue weighted by Crippen LogP contribution is 2.40. The second-order valence-electron chi connectivity index (χ2n) is 15.7. The molecule has 0 aliphatic heterocycles. The zero-order valence-electron chi connectivity index (χ0n) is 33.6. The molecule has 0 bridgehead atoms. The molecule has 0 fully saturated rings. The van der Waals surface area contributed by atoms with Crippen molar-refractivity contribution in [3.05, 3.63) is 200 Å². The topological polar surface area (TPSA) is 74.3 Å². The van der Waals surface area contributed by atoms with E-state index in [9.17, 15) is 0 Å². The van der Waals surface area contributed by atoms with Crippen molar-refractivity contribution in [2.75, 3.05) is 0 Å². The van der Waals surface area contributed by atoms with Crippen molar-refractivity contribution >= 4 is 75.1 Å². The summed E-state index contributed by atoms with van der Waals surface area (Å²) in [6.07, 6.45) is 3.85. The number of nitrogens with zero attached hydrogens (tertiary/aromatic N) is 7. The van der Waals surface area contributed by atoms with Crippen LogP contribution in [0.2, 0.25) is 0 Å². The molecule has 0 aliphatic carbocycles. The third-order valence-electron chi connectivity index (χ3n) is 12.1. The molecule has 63 heavy (non-hydrogen) atoms. The van der Waals surface area contributed by atoms with Gasteiger partial charge in [-0.3, -0.25) is 9.55 Å². The van der Waals surface area contributed by atoms with Gasteiger partial charge in [-0.25, -0.2) is 9.97 Å². The molecule has 6 aromatic heterocycles. The van der Waals surface area contributed by atoms with Gasteiger partial charge in [-0.05, 0) is 72.8 Å². The Morgan fingerprint density at radius 3 is 1.56 bits per heavy atom. The Labute approximate surface area is 364 Å². The second kappa shape index (κ2) is 14.1. The second-order valence-corrected chi connectivity index (χ2v) is 16.8. The summed E-state index contributed by atoms with van der Waals surface area (Å²) in [5, 5.41) is 7.01. The summed E-state index contributed by atoms with van der Waals surface area (Å²) in [5.74, 6) is 1.81. The van der Waals surface area contributed by atoms with Crippen LogP contribution in [-0.2, 0) is 0 Å². The molecule has 6 heterocycles. The Kier molecular flexibility index (Phi) is 7.94. The van der Waals surface area contributed by atoms with E-state index in [1.165, 1.54) is 36.5 Å². The lowest BCUT2D eigenvalue weighted by atomic mass is 10.0. The van der Waals surface area contributed by atoms with E-state index in [0.717, 1.165) is 66.7 Å². The van der Waals surface area contributed by atoms with Gasteiger partial charge in [0.25, 0.3) is 0 Å². The monoisotopic (exact) mass is 823 g/mol. The van der Waals surface area contributed by atoms with Crippen molar-refractivity contribution in [1.82, 2.24) is 34.1 Å². The molecule has 13 aromatic rings. The van der Waals surface area contributed by atoms with Gasteiger partial charge in [0.05, 0.1) is 33.5 Å². The largest absolute Gasteiger partial charge is 0.309 e. The number of pyridine rings is 2. The van der Waals surface area contributed by atoms with Crippen molar-refractivity contribution in [3.63, 3.8) is 0 Å². The summed E-state index contributed by atoms with van der Waals surface area (Å²) in [6.45, 7) is 0. The average molecular weight is 824 g/mol. The number of thiophene rings is 1. The maximum atomic E-state index is 5.31. The van der Waals surface area contributed by atoms with Gasteiger partial charge in [0.1, 0.15) is 0 Å². The first kappa shape index (κ1) is 35.4. The van der Waals surface area contributed by atoms with Gasteiger partial charge in [-0.2, -0.15) is 9.97 Å². The van der Waals surface area contributed by atoms with Crippen LogP contribution in [0, 0.1) is 0 Å². The number of para-hydroxylation sites is 2. The van der Waals surface area contributed by atoms with Gasteiger partial charge in [0.15, 0.2) is 11.6 Å². The van der Waals surface area contributed by atoms with Crippen molar-refractivity contribution < 1.29 is 0 Å². The van der Waals surface area contributed by atoms with Gasteiger partial charge in [0, 0.05) is 82.1 Å². The van der Waals surface area contributed by atoms with E-state index >= 15 is 0 Å². The normalized spacial score (nSPS) is 11.8. The lowest BCUT2D eigenvalue weighted by Crippen LogP contribution is -2.06. The summed E-state index contributed by atoms with van der Waals surface area (Å²) < 4.78 is 7.05. The molecule has 0 unspecified atom stereocenters. The SMILES string of the molecule is c1ccc(-c2nc(-c3ccccc3)nc(-n3c4ccccc4c4cc(-c5cccc(-c6ccc7c(c6)c6ccccc6n7-c6ccc7sc8ccncc8c7c6)n5)ccc43)n2)cc1. The zero-order valence-corrected chi connectivity index (χ0v) is 34.4. The molecule has 0 radical (unpaired) electrons. The molecule has 13 rings (SSSR count). The Hall–Kier alpha value is -8.33. The van der Waals surface area contributed by atoms with Crippen LogP contribution in [0.15, 0.2) is 200 Å². The number of benzene rings is 7. The summed E-state index contributed by atoms with van der Waals surface area (Å²) in [4.78, 5) is 24.9. The van der Waals surface area contributed by atoms with Gasteiger partial charge >= 0.3 is 0 Å². The van der Waals surface area contributed by atoms with Crippen LogP contribution in [0.25, 0.3) is 121 Å². The molecule has 0 aliphatic rings. The van der Waals surface area contributed by atoms with E-state index in [1.54, 1.807) is 0 Å². The molecule has 0 saturated carbocycles. The van der Waals surface area contributed by atoms with E-state index in [4.69, 9.17) is 19.9 Å². The number of hydrogen-bond acceptors (Lipinski definition) is 6. The van der Waals surface area contributed by atoms with Crippen molar-refractivity contribution in [2.45, 2.75) is 0 Å². The van der Waals surface area contributed by atoms with E-state index < -0.39 is 0 Å². The van der Waals surface area contributed by atoms with Crippen molar-refractivity contribution in [2.24, 2.45) is 0 Å². The Morgan fingerprint density at radius 2 is 0.905 bits per heavy atom. The number of aromatic nitrogens is 7. The van der Waals surface area contributed by atoms with Gasteiger partial charge in [-0.1, -0.05) is 115 Å². The highest BCUT2D eigenvalue weighted by atomic mass is 32.1. The molecular formula is C55H33N7S. The first-order chi connectivity index (χ1) is 31.2. The molecule has 294 valence electrons. The van der Waals surface area contributed by atoms with Crippen molar-refractivity contribution in [3.8, 4) is 56.9 Å². The minimum Gasteiger partial charge on any atom is -0.309 e. The molecule has 0 N–H and O–H groups in total. The lowest BCUT2D eigenvalue weighted by molar-refractivity contribution is 0.953. The molecule has 8 heteroatoms. The van der Waals surface area contributed by atoms with E-state index in [1.807, 2.05) is 84.4 Å². The molecular weight excluding hydrogens is 791 g/mol. The molecule has 0 saturated heterocycles. The van der Waals surface area contributed by atoms with Gasteiger partial charge < -0.3 is 4.57 Å². The number of fused-ring (bicyclic) bond motifs is 9. The quantitative estimate of drug-likeness (QED) is 0.167. The highest BCUT2D eigenvalue weighted by Gasteiger charge is 2.20. The minimum absolute atomic E-state index is 0.566. The Bertz CT molecular complexity index is 3870. The van der Waals surface area contributed by atoms with Crippen LogP contribution in [0.3, 0.4) is 0 Å². The number of hydrogen-bond donors (Lipinski definition) is 0. The Morgan fingerprint density at radius 1 is 0.349 bits per heavy atom. The first-order valence-corrected chi connectivity index (χ1v) is 21.7. The lowest BCUT2D eigenvalue weighted by Gasteiger charge is -2.11. The van der Waals surface area contributed by atoms with Crippen LogP contribution >= 0.6 is 11.3 Å². The summed E-state index contributed by atoms with van der Waals surface area (Å²) >= 11 is 1.81. The maximum Gasteiger partial charge on any atom is 0.238 e. The number of rotatable bonds is 6. The third kappa shape index (κ3) is 5.76. The van der Waals surface area contributed by atoms with Gasteiger partial charge in [-0.15, -0.1) is 11.3 Å². The van der Waals surface area contributed by atoms with Crippen LogP contribution in [0.4, 0.5) is 0 Å². The smallest absolute Gasteiger partial charge is 0.238 e. The molecule has 0 spiro atoms. The fourth-order valence-electron chi connectivity index (χ4n) is 9.16. The van der Waals surface area contributed by atoms with Crippen LogP contribution in [-0.4, -0.2) is 34.1 Å². The predicted molar refractivity (Wildman–Crippen MR) is 259 cm³/mol. The summed E-state index contributed by atoms with van der Waals surface area (Å²) in [5.41, 5.74) is 11.2. The zero-order chi connectivity index (χ0) is 41.4. The van der Waals surface area contributed by atoms with Crippen molar-refractivity contribution in [1.29, 1.82) is 0 Å². The molecule has 7 nitrogen and oxygen atoms in total. The standard InChI is InChI=1S/C55H33N7S/c1-3-12-34(13-4-1)53-58-54(35-14-5-2-6-15-35)60-55(59-53)62-48-21-10-8-17-40(48)42-31-37(23-26-50(42)62)46-19-11-18-45(57-46)36-22-25-49-41(30-36)39-16-7-9-20-47(39)61(49)38-24-27-51-43(32-38)44-33-56-29-28-52(44)63-51/h1-33H. The third-order valence-corrected chi connectivity index (χ3v) is 13.2. The molecule has 0 amide bonds. The fraction of sp³-hybridized carbons (Fsp3) is 0. The van der Waals surface area contributed by atoms with Crippen LogP contribution in [0.5, 0.6) is 0 Å². The fourth-order valence-corrected chi connectivity index (χ4v) is 10.2. The maximum absolute atomic E-state index is 5.31. The van der Waals surface area contributed by atoms with Gasteiger partial charge in [0.2, 0.25) is 5.95 Å². The molecule has 0 atom stereocenters. The average Bonchev–Trinajstić information content (AvgIpc) is 4.01. The van der Waals surface area contributed by atoms with Crippen LogP contribution < -0.4 is 0 Å². The summed E-state index contributed by atoms with van der Waals surface area (Å²) in [6, 6.07) is 65.8. The minimum atomic E-state index is 0.566. The predicted octanol–water partition coefficient (Wildman–Crippen LogP) is 13.9. The van der Waals surface area contributed by atoms with E-state index in [-0.39, 0.29) is 0 Å². The molecule has 7 aromatic carbocycles. The van der Waals surface area contributed by atoms with Crippen LogP contribution in [0.1, 0.15) is 0 Å². The first-order valence-electron chi connectivity index (χ1n) is 20.9. The van der Waals surface area contributed by atoms with E-state index in [2.05, 4.69) is 142 Å². The van der Waals surface area contributed by atoms with E-state index in [0.29, 0.717) is 17.6 Å². The Balaban J connectivity index is 0.920. The summed E-state index contributed by atoms with van der Waals surface area (Å²) in [7, 11) is 0. The highest BCUT2D eigenvalue weighted by molar-refractivity contribution is 7.25.